The van der Waals surface area contributed by atoms with Gasteiger partial charge in [-0.05, 0) is 31.0 Å². The second kappa shape index (κ2) is 13.1. The summed E-state index contributed by atoms with van der Waals surface area (Å²) >= 11 is 11.7. The first-order valence-corrected chi connectivity index (χ1v) is 11.2. The predicted octanol–water partition coefficient (Wildman–Crippen LogP) is 5.20. The lowest BCUT2D eigenvalue weighted by Gasteiger charge is -2.13. The molecule has 0 saturated carbocycles. The topological polar surface area (TPSA) is 55.4 Å². The van der Waals surface area contributed by atoms with Crippen molar-refractivity contribution in [1.29, 1.82) is 0 Å². The summed E-state index contributed by atoms with van der Waals surface area (Å²) in [5.74, 6) is 0.116. The lowest BCUT2D eigenvalue weighted by Crippen LogP contribution is -2.25. The van der Waals surface area contributed by atoms with Crippen LogP contribution in [0.3, 0.4) is 0 Å². The minimum Gasteiger partial charge on any atom is -0.374 e. The highest BCUT2D eigenvalue weighted by molar-refractivity contribution is 7.93. The molecule has 7 heteroatoms. The van der Waals surface area contributed by atoms with E-state index in [1.807, 2.05) is 37.3 Å². The number of sulfonamides is 1. The van der Waals surface area contributed by atoms with Gasteiger partial charge in [0.05, 0.1) is 17.6 Å². The van der Waals surface area contributed by atoms with E-state index in [1.54, 1.807) is 18.2 Å². The van der Waals surface area contributed by atoms with Gasteiger partial charge in [0.15, 0.2) is 0 Å². The van der Waals surface area contributed by atoms with E-state index >= 15 is 0 Å². The van der Waals surface area contributed by atoms with Crippen LogP contribution in [0.25, 0.3) is 0 Å². The highest BCUT2D eigenvalue weighted by Gasteiger charge is 2.17. The molecule has 0 heterocycles. The molecule has 0 fully saturated rings. The van der Waals surface area contributed by atoms with E-state index in [2.05, 4.69) is 11.6 Å². The molecule has 1 unspecified atom stereocenters. The van der Waals surface area contributed by atoms with E-state index in [4.69, 9.17) is 27.9 Å². The molecule has 1 rings (SSSR count). The summed E-state index contributed by atoms with van der Waals surface area (Å²) in [6, 6.07) is 7.05. The molecule has 0 aliphatic rings. The van der Waals surface area contributed by atoms with Gasteiger partial charge in [-0.3, -0.25) is 0 Å². The van der Waals surface area contributed by atoms with Crippen LogP contribution in [0.15, 0.2) is 59.6 Å². The van der Waals surface area contributed by atoms with Crippen molar-refractivity contribution in [2.24, 2.45) is 0 Å². The highest BCUT2D eigenvalue weighted by Crippen LogP contribution is 2.14. The number of hydrogen-bond acceptors (Lipinski definition) is 3. The highest BCUT2D eigenvalue weighted by atomic mass is 35.5. The van der Waals surface area contributed by atoms with Crippen molar-refractivity contribution in [3.05, 3.63) is 70.1 Å². The van der Waals surface area contributed by atoms with E-state index in [-0.39, 0.29) is 36.5 Å². The zero-order valence-corrected chi connectivity index (χ0v) is 18.0. The number of ether oxygens (including phenoxy) is 1. The van der Waals surface area contributed by atoms with Crippen molar-refractivity contribution in [2.75, 3.05) is 12.5 Å². The Kier molecular flexibility index (Phi) is 11.6. The Hall–Kier alpha value is -1.11. The third-order valence-electron chi connectivity index (χ3n) is 3.60. The maximum atomic E-state index is 12.5. The van der Waals surface area contributed by atoms with E-state index in [9.17, 15) is 8.42 Å². The normalized spacial score (nSPS) is 14.3. The monoisotopic (exact) mass is 431 g/mol. The van der Waals surface area contributed by atoms with Crippen LogP contribution in [0.2, 0.25) is 5.02 Å². The van der Waals surface area contributed by atoms with Crippen LogP contribution in [0.5, 0.6) is 0 Å². The molecule has 1 aromatic rings. The van der Waals surface area contributed by atoms with Gasteiger partial charge in [0.25, 0.3) is 0 Å². The van der Waals surface area contributed by atoms with Crippen molar-refractivity contribution in [3.8, 4) is 0 Å². The van der Waals surface area contributed by atoms with Crippen LogP contribution >= 0.6 is 23.2 Å². The minimum atomic E-state index is -3.64. The molecule has 0 saturated heterocycles. The van der Waals surface area contributed by atoms with Crippen molar-refractivity contribution in [2.45, 2.75) is 39.3 Å². The summed E-state index contributed by atoms with van der Waals surface area (Å²) < 4.78 is 33.3. The fourth-order valence-corrected chi connectivity index (χ4v) is 3.87. The van der Waals surface area contributed by atoms with E-state index < -0.39 is 10.0 Å². The summed E-state index contributed by atoms with van der Waals surface area (Å²) in [5, 5.41) is 0.562. The zero-order chi connectivity index (χ0) is 20.1. The van der Waals surface area contributed by atoms with E-state index in [0.29, 0.717) is 5.02 Å². The van der Waals surface area contributed by atoms with Gasteiger partial charge >= 0.3 is 0 Å². The molecular formula is C20H27Cl2NO3S. The molecule has 1 N–H and O–H groups in total. The van der Waals surface area contributed by atoms with Crippen molar-refractivity contribution in [3.63, 3.8) is 0 Å². The third-order valence-corrected chi connectivity index (χ3v) is 5.57. The van der Waals surface area contributed by atoms with Crippen LogP contribution in [0.1, 0.15) is 32.3 Å². The largest absolute Gasteiger partial charge is 0.374 e. The van der Waals surface area contributed by atoms with Crippen LogP contribution in [-0.2, 0) is 21.3 Å². The average Bonchev–Trinajstić information content (AvgIpc) is 2.63. The molecule has 150 valence electrons. The molecule has 4 nitrogen and oxygen atoms in total. The first-order valence-electron chi connectivity index (χ1n) is 8.83. The summed E-state index contributed by atoms with van der Waals surface area (Å²) in [6.07, 6.45) is 10.5. The number of rotatable bonds is 12. The lowest BCUT2D eigenvalue weighted by atomic mass is 10.2. The van der Waals surface area contributed by atoms with Gasteiger partial charge in [-0.2, -0.15) is 0 Å². The van der Waals surface area contributed by atoms with Gasteiger partial charge in [-0.1, -0.05) is 61.0 Å². The van der Waals surface area contributed by atoms with Gasteiger partial charge in [-0.25, -0.2) is 13.1 Å². The maximum Gasteiger partial charge on any atom is 0.236 e. The molecule has 1 atom stereocenters. The summed E-state index contributed by atoms with van der Waals surface area (Å²) in [4.78, 5) is 0.224. The second-order valence-electron chi connectivity index (χ2n) is 5.83. The molecule has 0 spiro atoms. The molecule has 0 amide bonds. The van der Waals surface area contributed by atoms with E-state index in [1.165, 1.54) is 6.08 Å². The first-order chi connectivity index (χ1) is 12.9. The van der Waals surface area contributed by atoms with Crippen molar-refractivity contribution < 1.29 is 13.2 Å². The number of hydrogen-bond donors (Lipinski definition) is 1. The second-order valence-corrected chi connectivity index (χ2v) is 8.39. The van der Waals surface area contributed by atoms with Gasteiger partial charge in [0.2, 0.25) is 10.0 Å². The van der Waals surface area contributed by atoms with Crippen molar-refractivity contribution >= 4 is 33.2 Å². The van der Waals surface area contributed by atoms with Gasteiger partial charge in [-0.15, -0.1) is 11.6 Å². The van der Waals surface area contributed by atoms with Crippen LogP contribution in [-0.4, -0.2) is 27.0 Å². The standard InChI is InChI=1S/C20H27Cl2NO3S/c1-3-4-5-6-8-17(2)26-14-12-20(11-13-21)27(24,25)23-16-18-9-7-10-19(22)15-18/h4-11,15,17,23H,3,12-14,16H2,1-2H3/b5-4-,8-6-,20-11+. The Morgan fingerprint density at radius 1 is 1.33 bits per heavy atom. The Labute approximate surface area is 173 Å². The average molecular weight is 432 g/mol. The maximum absolute atomic E-state index is 12.5. The number of allylic oxidation sites excluding steroid dienone is 4. The van der Waals surface area contributed by atoms with E-state index in [0.717, 1.165) is 12.0 Å². The lowest BCUT2D eigenvalue weighted by molar-refractivity contribution is 0.101. The fourth-order valence-electron chi connectivity index (χ4n) is 2.19. The SMILES string of the molecule is CC/C=C\C=C/C(C)OCC/C(=C\CCl)S(=O)(=O)NCc1cccc(Cl)c1. The van der Waals surface area contributed by atoms with Crippen LogP contribution in [0, 0.1) is 0 Å². The number of benzene rings is 1. The number of alkyl halides is 1. The zero-order valence-electron chi connectivity index (χ0n) is 15.7. The number of halogens is 2. The smallest absolute Gasteiger partial charge is 0.236 e. The molecular weight excluding hydrogens is 405 g/mol. The molecule has 1 aromatic carbocycles. The summed E-state index contributed by atoms with van der Waals surface area (Å²) in [5.41, 5.74) is 0.784. The van der Waals surface area contributed by atoms with Gasteiger partial charge < -0.3 is 4.74 Å². The Morgan fingerprint density at radius 2 is 2.11 bits per heavy atom. The molecule has 0 bridgehead atoms. The Bertz CT molecular complexity index is 758. The van der Waals surface area contributed by atoms with Gasteiger partial charge in [0, 0.05) is 23.9 Å². The van der Waals surface area contributed by atoms with Crippen molar-refractivity contribution in [1.82, 2.24) is 4.72 Å². The number of nitrogens with one attached hydrogen (secondary N) is 1. The predicted molar refractivity (Wildman–Crippen MR) is 115 cm³/mol. The fraction of sp³-hybridized carbons (Fsp3) is 0.400. The minimum absolute atomic E-state index is 0.106. The summed E-state index contributed by atoms with van der Waals surface area (Å²) in [6.45, 7) is 4.42. The molecule has 0 aromatic heterocycles. The molecule has 27 heavy (non-hydrogen) atoms. The molecule has 0 aliphatic carbocycles. The molecule has 0 radical (unpaired) electrons. The van der Waals surface area contributed by atoms with Gasteiger partial charge in [0.1, 0.15) is 0 Å². The quantitative estimate of drug-likeness (QED) is 0.365. The molecule has 0 aliphatic heterocycles. The first kappa shape index (κ1) is 23.9. The third kappa shape index (κ3) is 10.1. The van der Waals surface area contributed by atoms with Crippen LogP contribution < -0.4 is 4.72 Å². The Morgan fingerprint density at radius 3 is 2.78 bits per heavy atom. The summed E-state index contributed by atoms with van der Waals surface area (Å²) in [7, 11) is -3.64. The van der Waals surface area contributed by atoms with Crippen LogP contribution in [0.4, 0.5) is 0 Å². The Balaban J connectivity index is 2.59.